The molecule has 0 saturated carbocycles. The maximum atomic E-state index is 3.56. The molecule has 116 valence electrons. The molecule has 0 aliphatic carbocycles. The fourth-order valence-corrected chi connectivity index (χ4v) is 2.92. The first-order valence-corrected chi connectivity index (χ1v) is 8.13. The lowest BCUT2D eigenvalue weighted by Crippen LogP contribution is -2.46. The van der Waals surface area contributed by atoms with Crippen molar-refractivity contribution in [2.24, 2.45) is 0 Å². The summed E-state index contributed by atoms with van der Waals surface area (Å²) in [5.74, 6) is 0. The maximum absolute atomic E-state index is 3.56. The van der Waals surface area contributed by atoms with Crippen LogP contribution in [0.3, 0.4) is 0 Å². The molecular weight excluding hydrogens is 270 g/mol. The molecule has 3 nitrogen and oxygen atoms in total. The van der Waals surface area contributed by atoms with Gasteiger partial charge in [0.25, 0.3) is 0 Å². The first-order chi connectivity index (χ1) is 10.9. The van der Waals surface area contributed by atoms with E-state index in [1.807, 2.05) is 0 Å². The minimum absolute atomic E-state index is 0.980. The molecule has 0 amide bonds. The minimum Gasteiger partial charge on any atom is -0.303 e. The van der Waals surface area contributed by atoms with Crippen LogP contribution in [0.5, 0.6) is 0 Å². The van der Waals surface area contributed by atoms with Crippen LogP contribution in [0.15, 0.2) is 60.7 Å². The summed E-state index contributed by atoms with van der Waals surface area (Å²) in [6.07, 6.45) is 0. The van der Waals surface area contributed by atoms with Gasteiger partial charge in [0.2, 0.25) is 0 Å². The highest BCUT2D eigenvalue weighted by Gasteiger charge is 2.13. The summed E-state index contributed by atoms with van der Waals surface area (Å²) in [4.78, 5) is 5.03. The first-order valence-electron chi connectivity index (χ1n) is 8.13. The Balaban J connectivity index is 1.54. The molecule has 1 fully saturated rings. The lowest BCUT2D eigenvalue weighted by atomic mass is 10.2. The van der Waals surface area contributed by atoms with Gasteiger partial charge in [0.15, 0.2) is 0 Å². The average molecular weight is 295 g/mol. The van der Waals surface area contributed by atoms with Gasteiger partial charge in [-0.05, 0) is 11.1 Å². The first kappa shape index (κ1) is 15.2. The summed E-state index contributed by atoms with van der Waals surface area (Å²) in [5, 5.41) is 3.56. The van der Waals surface area contributed by atoms with Crippen molar-refractivity contribution in [2.45, 2.75) is 13.1 Å². The summed E-state index contributed by atoms with van der Waals surface area (Å²) < 4.78 is 0. The molecule has 3 heteroatoms. The van der Waals surface area contributed by atoms with E-state index in [1.54, 1.807) is 0 Å². The lowest BCUT2D eigenvalue weighted by Gasteiger charge is -2.31. The van der Waals surface area contributed by atoms with Crippen molar-refractivity contribution in [3.05, 3.63) is 71.8 Å². The lowest BCUT2D eigenvalue weighted by molar-refractivity contribution is 0.158. The molecule has 0 bridgehead atoms. The van der Waals surface area contributed by atoms with E-state index in [0.717, 1.165) is 45.9 Å². The molecule has 0 aromatic heterocycles. The molecule has 3 rings (SSSR count). The highest BCUT2D eigenvalue weighted by atomic mass is 15.3. The molecule has 0 radical (unpaired) electrons. The fraction of sp³-hybridized carbons (Fsp3) is 0.368. The third-order valence-electron chi connectivity index (χ3n) is 4.17. The summed E-state index contributed by atoms with van der Waals surface area (Å²) in [7, 11) is 0. The summed E-state index contributed by atoms with van der Waals surface area (Å²) in [5.41, 5.74) is 2.79. The summed E-state index contributed by atoms with van der Waals surface area (Å²) in [6, 6.07) is 21.5. The molecule has 0 spiro atoms. The molecule has 0 atom stereocenters. The molecule has 1 saturated heterocycles. The monoisotopic (exact) mass is 295 g/mol. The second-order valence-corrected chi connectivity index (χ2v) is 5.96. The quantitative estimate of drug-likeness (QED) is 0.935. The van der Waals surface area contributed by atoms with Crippen LogP contribution in [0.4, 0.5) is 0 Å². The third-order valence-corrected chi connectivity index (χ3v) is 4.17. The van der Waals surface area contributed by atoms with Crippen LogP contribution >= 0.6 is 0 Å². The molecule has 1 heterocycles. The largest absolute Gasteiger partial charge is 0.303 e. The van der Waals surface area contributed by atoms with Gasteiger partial charge in [0.05, 0.1) is 0 Å². The second-order valence-electron chi connectivity index (χ2n) is 5.96. The number of rotatable bonds is 4. The minimum atomic E-state index is 0.980. The smallest absolute Gasteiger partial charge is 0.0484 e. The van der Waals surface area contributed by atoms with Crippen molar-refractivity contribution in [3.63, 3.8) is 0 Å². The number of hydrogen-bond donors (Lipinski definition) is 1. The standard InChI is InChI=1S/C19H25N3/c1-3-7-18(8-4-1)15-21-12-11-20-17-22(14-13-21)16-19-9-5-2-6-10-19/h1-10,20H,11-17H2. The van der Waals surface area contributed by atoms with Gasteiger partial charge in [-0.25, -0.2) is 0 Å². The number of hydrogen-bond acceptors (Lipinski definition) is 3. The van der Waals surface area contributed by atoms with E-state index >= 15 is 0 Å². The van der Waals surface area contributed by atoms with E-state index in [2.05, 4.69) is 75.8 Å². The zero-order valence-electron chi connectivity index (χ0n) is 13.1. The van der Waals surface area contributed by atoms with E-state index in [4.69, 9.17) is 0 Å². The number of nitrogens with zero attached hydrogens (tertiary/aromatic N) is 2. The van der Waals surface area contributed by atoms with Crippen molar-refractivity contribution < 1.29 is 0 Å². The zero-order chi connectivity index (χ0) is 15.0. The van der Waals surface area contributed by atoms with Crippen LogP contribution in [-0.2, 0) is 13.1 Å². The van der Waals surface area contributed by atoms with Crippen LogP contribution in [0.2, 0.25) is 0 Å². The highest BCUT2D eigenvalue weighted by Crippen LogP contribution is 2.08. The van der Waals surface area contributed by atoms with Gasteiger partial charge in [-0.1, -0.05) is 60.7 Å². The van der Waals surface area contributed by atoms with E-state index in [-0.39, 0.29) is 0 Å². The topological polar surface area (TPSA) is 18.5 Å². The van der Waals surface area contributed by atoms with Crippen LogP contribution in [-0.4, -0.2) is 42.6 Å². The third kappa shape index (κ3) is 4.67. The fourth-order valence-electron chi connectivity index (χ4n) is 2.92. The number of nitrogens with one attached hydrogen (secondary N) is 1. The van der Waals surface area contributed by atoms with Crippen molar-refractivity contribution >= 4 is 0 Å². The summed E-state index contributed by atoms with van der Waals surface area (Å²) >= 11 is 0. The van der Waals surface area contributed by atoms with Gasteiger partial charge >= 0.3 is 0 Å². The van der Waals surface area contributed by atoms with Gasteiger partial charge in [0, 0.05) is 45.9 Å². The van der Waals surface area contributed by atoms with Crippen molar-refractivity contribution in [1.29, 1.82) is 0 Å². The Morgan fingerprint density at radius 2 is 1.23 bits per heavy atom. The van der Waals surface area contributed by atoms with E-state index in [9.17, 15) is 0 Å². The molecule has 0 unspecified atom stereocenters. The van der Waals surface area contributed by atoms with Crippen LogP contribution in [0.1, 0.15) is 11.1 Å². The molecule has 1 N–H and O–H groups in total. The predicted molar refractivity (Wildman–Crippen MR) is 91.4 cm³/mol. The zero-order valence-corrected chi connectivity index (χ0v) is 13.1. The molecule has 22 heavy (non-hydrogen) atoms. The maximum Gasteiger partial charge on any atom is 0.0484 e. The Bertz CT molecular complexity index is 490. The molecular formula is C19H25N3. The molecule has 1 aliphatic heterocycles. The van der Waals surface area contributed by atoms with E-state index < -0.39 is 0 Å². The Hall–Kier alpha value is -1.68. The van der Waals surface area contributed by atoms with Crippen molar-refractivity contribution in [2.75, 3.05) is 32.8 Å². The average Bonchev–Trinajstić information content (AvgIpc) is 2.55. The van der Waals surface area contributed by atoms with Gasteiger partial charge in [-0.3, -0.25) is 9.80 Å². The Labute approximate surface area is 133 Å². The number of benzene rings is 2. The van der Waals surface area contributed by atoms with Crippen molar-refractivity contribution in [1.82, 2.24) is 15.1 Å². The molecule has 1 aliphatic rings. The molecule has 2 aromatic rings. The van der Waals surface area contributed by atoms with Gasteiger partial charge in [-0.15, -0.1) is 0 Å². The van der Waals surface area contributed by atoms with E-state index in [0.29, 0.717) is 0 Å². The normalized spacial score (nSPS) is 17.8. The Kier molecular flexibility index (Phi) is 5.59. The van der Waals surface area contributed by atoms with Gasteiger partial charge < -0.3 is 5.32 Å². The Morgan fingerprint density at radius 1 is 0.682 bits per heavy atom. The Morgan fingerprint density at radius 3 is 1.86 bits per heavy atom. The SMILES string of the molecule is c1ccc(CN2CCNCN(Cc3ccccc3)CC2)cc1. The predicted octanol–water partition coefficient (Wildman–Crippen LogP) is 2.55. The van der Waals surface area contributed by atoms with Crippen LogP contribution < -0.4 is 5.32 Å². The van der Waals surface area contributed by atoms with Gasteiger partial charge in [-0.2, -0.15) is 0 Å². The highest BCUT2D eigenvalue weighted by molar-refractivity contribution is 5.15. The summed E-state index contributed by atoms with van der Waals surface area (Å²) in [6.45, 7) is 7.45. The van der Waals surface area contributed by atoms with Crippen LogP contribution in [0, 0.1) is 0 Å². The van der Waals surface area contributed by atoms with E-state index in [1.165, 1.54) is 11.1 Å². The van der Waals surface area contributed by atoms with Crippen molar-refractivity contribution in [3.8, 4) is 0 Å². The van der Waals surface area contributed by atoms with Crippen LogP contribution in [0.25, 0.3) is 0 Å². The second kappa shape index (κ2) is 8.08. The molecule has 2 aromatic carbocycles. The van der Waals surface area contributed by atoms with Gasteiger partial charge in [0.1, 0.15) is 0 Å².